The van der Waals surface area contributed by atoms with Crippen molar-refractivity contribution < 1.29 is 9.53 Å². The average Bonchev–Trinajstić information content (AvgIpc) is 2.23. The van der Waals surface area contributed by atoms with Crippen molar-refractivity contribution in [3.63, 3.8) is 0 Å². The van der Waals surface area contributed by atoms with E-state index in [-0.39, 0.29) is 29.4 Å². The fourth-order valence-electron chi connectivity index (χ4n) is 2.23. The van der Waals surface area contributed by atoms with Crippen molar-refractivity contribution in [1.82, 2.24) is 5.32 Å². The molecule has 4 heteroatoms. The molecule has 16 heavy (non-hydrogen) atoms. The van der Waals surface area contributed by atoms with E-state index in [9.17, 15) is 4.79 Å². The predicted octanol–water partition coefficient (Wildman–Crippen LogP) is 0.901. The van der Waals surface area contributed by atoms with E-state index < -0.39 is 0 Å². The normalized spacial score (nSPS) is 29.3. The number of rotatable bonds is 5. The van der Waals surface area contributed by atoms with E-state index in [2.05, 4.69) is 19.2 Å². The van der Waals surface area contributed by atoms with Crippen molar-refractivity contribution in [2.24, 2.45) is 17.1 Å². The lowest BCUT2D eigenvalue weighted by atomic mass is 9.64. The topological polar surface area (TPSA) is 64.3 Å². The van der Waals surface area contributed by atoms with Crippen LogP contribution in [0.15, 0.2) is 0 Å². The highest BCUT2D eigenvalue weighted by molar-refractivity contribution is 5.78. The minimum Gasteiger partial charge on any atom is -0.381 e. The van der Waals surface area contributed by atoms with Crippen molar-refractivity contribution in [1.29, 1.82) is 0 Å². The monoisotopic (exact) mass is 228 g/mol. The number of nitrogens with two attached hydrogens (primary N) is 1. The van der Waals surface area contributed by atoms with Crippen molar-refractivity contribution in [3.8, 4) is 0 Å². The largest absolute Gasteiger partial charge is 0.381 e. The first-order valence-corrected chi connectivity index (χ1v) is 5.96. The molecule has 0 aliphatic heterocycles. The standard InChI is InChI=1S/C12H24N2O2/c1-8(5-6-13)11(15)14-9-7-10(16-4)12(9,2)3/h8-10H,5-7,13H2,1-4H3,(H,14,15). The molecule has 1 aliphatic rings. The summed E-state index contributed by atoms with van der Waals surface area (Å²) in [4.78, 5) is 11.8. The highest BCUT2D eigenvalue weighted by atomic mass is 16.5. The van der Waals surface area contributed by atoms with Gasteiger partial charge >= 0.3 is 0 Å². The zero-order valence-electron chi connectivity index (χ0n) is 10.7. The van der Waals surface area contributed by atoms with Gasteiger partial charge < -0.3 is 15.8 Å². The van der Waals surface area contributed by atoms with Gasteiger partial charge in [0, 0.05) is 24.5 Å². The van der Waals surface area contributed by atoms with Gasteiger partial charge in [-0.2, -0.15) is 0 Å². The Morgan fingerprint density at radius 1 is 1.62 bits per heavy atom. The Hall–Kier alpha value is -0.610. The molecular formula is C12H24N2O2. The second kappa shape index (κ2) is 5.15. The first kappa shape index (κ1) is 13.5. The maximum absolute atomic E-state index is 11.8. The fourth-order valence-corrected chi connectivity index (χ4v) is 2.23. The Labute approximate surface area is 97.9 Å². The second-order valence-electron chi connectivity index (χ2n) is 5.32. The molecule has 0 spiro atoms. The molecule has 1 saturated carbocycles. The third kappa shape index (κ3) is 2.55. The van der Waals surface area contributed by atoms with E-state index in [0.29, 0.717) is 6.54 Å². The van der Waals surface area contributed by atoms with Gasteiger partial charge in [0.15, 0.2) is 0 Å². The van der Waals surface area contributed by atoms with Crippen LogP contribution >= 0.6 is 0 Å². The summed E-state index contributed by atoms with van der Waals surface area (Å²) in [6, 6.07) is 0.227. The van der Waals surface area contributed by atoms with Crippen LogP contribution < -0.4 is 11.1 Å². The van der Waals surface area contributed by atoms with E-state index in [1.54, 1.807) is 7.11 Å². The van der Waals surface area contributed by atoms with Crippen molar-refractivity contribution in [2.75, 3.05) is 13.7 Å². The predicted molar refractivity (Wildman–Crippen MR) is 64.0 cm³/mol. The number of amides is 1. The van der Waals surface area contributed by atoms with E-state index in [0.717, 1.165) is 12.8 Å². The Morgan fingerprint density at radius 3 is 2.69 bits per heavy atom. The van der Waals surface area contributed by atoms with Crippen LogP contribution in [0.4, 0.5) is 0 Å². The van der Waals surface area contributed by atoms with Crippen LogP contribution in [0.3, 0.4) is 0 Å². The van der Waals surface area contributed by atoms with Crippen LogP contribution in [0.2, 0.25) is 0 Å². The number of carbonyl (C=O) groups is 1. The molecule has 3 N–H and O–H groups in total. The smallest absolute Gasteiger partial charge is 0.223 e. The minimum atomic E-state index is 0.00222. The molecule has 4 nitrogen and oxygen atoms in total. The summed E-state index contributed by atoms with van der Waals surface area (Å²) >= 11 is 0. The Kier molecular flexibility index (Phi) is 4.33. The molecule has 0 radical (unpaired) electrons. The lowest BCUT2D eigenvalue weighted by Crippen LogP contribution is -2.62. The maximum atomic E-state index is 11.8. The molecule has 0 saturated heterocycles. The van der Waals surface area contributed by atoms with E-state index >= 15 is 0 Å². The molecule has 0 heterocycles. The molecule has 1 fully saturated rings. The third-order valence-corrected chi connectivity index (χ3v) is 3.83. The van der Waals surface area contributed by atoms with Gasteiger partial charge in [-0.3, -0.25) is 4.79 Å². The molecule has 0 bridgehead atoms. The zero-order chi connectivity index (χ0) is 12.3. The first-order valence-electron chi connectivity index (χ1n) is 5.96. The molecule has 0 aromatic rings. The summed E-state index contributed by atoms with van der Waals surface area (Å²) in [6.45, 7) is 6.73. The molecule has 3 unspecified atom stereocenters. The number of methoxy groups -OCH3 is 1. The van der Waals surface area contributed by atoms with Crippen LogP contribution in [-0.2, 0) is 9.53 Å². The van der Waals surface area contributed by atoms with Gasteiger partial charge in [-0.05, 0) is 19.4 Å². The number of ether oxygens (including phenoxy) is 1. The lowest BCUT2D eigenvalue weighted by Gasteiger charge is -2.51. The minimum absolute atomic E-state index is 0.00222. The van der Waals surface area contributed by atoms with Crippen LogP contribution in [0, 0.1) is 11.3 Å². The average molecular weight is 228 g/mol. The summed E-state index contributed by atoms with van der Waals surface area (Å²) < 4.78 is 5.35. The number of hydrogen-bond donors (Lipinski definition) is 2. The lowest BCUT2D eigenvalue weighted by molar-refractivity contribution is -0.135. The van der Waals surface area contributed by atoms with Gasteiger partial charge in [-0.1, -0.05) is 20.8 Å². The first-order chi connectivity index (χ1) is 7.43. The molecule has 94 valence electrons. The molecule has 3 atom stereocenters. The van der Waals surface area contributed by atoms with Gasteiger partial charge in [-0.25, -0.2) is 0 Å². The summed E-state index contributed by atoms with van der Waals surface area (Å²) in [7, 11) is 1.72. The Balaban J connectivity index is 2.42. The summed E-state index contributed by atoms with van der Waals surface area (Å²) in [6.07, 6.45) is 1.90. The fraction of sp³-hybridized carbons (Fsp3) is 0.917. The molecule has 1 rings (SSSR count). The molecular weight excluding hydrogens is 204 g/mol. The number of nitrogens with one attached hydrogen (secondary N) is 1. The summed E-state index contributed by atoms with van der Waals surface area (Å²) in [5, 5.41) is 3.08. The van der Waals surface area contributed by atoms with E-state index in [4.69, 9.17) is 10.5 Å². The van der Waals surface area contributed by atoms with Gasteiger partial charge in [0.2, 0.25) is 5.91 Å². The van der Waals surface area contributed by atoms with Gasteiger partial charge in [0.25, 0.3) is 0 Å². The highest BCUT2D eigenvalue weighted by Gasteiger charge is 2.49. The van der Waals surface area contributed by atoms with Gasteiger partial charge in [0.1, 0.15) is 0 Å². The van der Waals surface area contributed by atoms with E-state index in [1.807, 2.05) is 6.92 Å². The summed E-state index contributed by atoms with van der Waals surface area (Å²) in [5.41, 5.74) is 5.48. The van der Waals surface area contributed by atoms with Crippen LogP contribution in [0.25, 0.3) is 0 Å². The van der Waals surface area contributed by atoms with Crippen molar-refractivity contribution in [2.45, 2.75) is 45.8 Å². The SMILES string of the molecule is COC1CC(NC(=O)C(C)CCN)C1(C)C. The molecule has 0 aromatic carbocycles. The number of carbonyl (C=O) groups excluding carboxylic acids is 1. The van der Waals surface area contributed by atoms with Crippen molar-refractivity contribution >= 4 is 5.91 Å². The van der Waals surface area contributed by atoms with Gasteiger partial charge in [0.05, 0.1) is 6.10 Å². The second-order valence-corrected chi connectivity index (χ2v) is 5.32. The van der Waals surface area contributed by atoms with Crippen LogP contribution in [0.5, 0.6) is 0 Å². The van der Waals surface area contributed by atoms with Crippen molar-refractivity contribution in [3.05, 3.63) is 0 Å². The quantitative estimate of drug-likeness (QED) is 0.735. The maximum Gasteiger partial charge on any atom is 0.223 e. The Morgan fingerprint density at radius 2 is 2.25 bits per heavy atom. The third-order valence-electron chi connectivity index (χ3n) is 3.83. The number of hydrogen-bond acceptors (Lipinski definition) is 3. The van der Waals surface area contributed by atoms with E-state index in [1.165, 1.54) is 0 Å². The van der Waals surface area contributed by atoms with Crippen LogP contribution in [0.1, 0.15) is 33.6 Å². The molecule has 1 amide bonds. The molecule has 0 aromatic heterocycles. The Bertz CT molecular complexity index is 253. The van der Waals surface area contributed by atoms with Crippen LogP contribution in [-0.4, -0.2) is 31.7 Å². The van der Waals surface area contributed by atoms with Gasteiger partial charge in [-0.15, -0.1) is 0 Å². The highest BCUT2D eigenvalue weighted by Crippen LogP contribution is 2.42. The summed E-state index contributed by atoms with van der Waals surface area (Å²) in [5.74, 6) is 0.112. The molecule has 1 aliphatic carbocycles. The zero-order valence-corrected chi connectivity index (χ0v) is 10.7.